The molecule has 0 fully saturated rings. The van der Waals surface area contributed by atoms with Crippen molar-refractivity contribution in [1.29, 1.82) is 0 Å². The van der Waals surface area contributed by atoms with Crippen molar-refractivity contribution in [3.05, 3.63) is 65.5 Å². The minimum absolute atomic E-state index is 0.245. The first-order valence-corrected chi connectivity index (χ1v) is 6.43. The van der Waals surface area contributed by atoms with Gasteiger partial charge in [0.25, 0.3) is 0 Å². The molecule has 0 amide bonds. The first-order valence-electron chi connectivity index (χ1n) is 6.43. The number of nitrogens with zero attached hydrogens (tertiary/aromatic N) is 1. The summed E-state index contributed by atoms with van der Waals surface area (Å²) in [5, 5.41) is 18.7. The van der Waals surface area contributed by atoms with Crippen molar-refractivity contribution in [3.63, 3.8) is 0 Å². The summed E-state index contributed by atoms with van der Waals surface area (Å²) in [5.41, 5.74) is 2.39. The van der Waals surface area contributed by atoms with Crippen LogP contribution in [0.15, 0.2) is 48.5 Å². The first-order chi connectivity index (χ1) is 9.56. The van der Waals surface area contributed by atoms with Gasteiger partial charge < -0.3 is 10.0 Å². The van der Waals surface area contributed by atoms with Crippen LogP contribution >= 0.6 is 0 Å². The van der Waals surface area contributed by atoms with Gasteiger partial charge in [-0.1, -0.05) is 36.4 Å². The number of halogens is 1. The molecule has 0 heterocycles. The van der Waals surface area contributed by atoms with Crippen LogP contribution in [0.5, 0.6) is 0 Å². The zero-order valence-corrected chi connectivity index (χ0v) is 11.3. The zero-order valence-electron chi connectivity index (χ0n) is 11.3. The molecule has 5 heteroatoms. The van der Waals surface area contributed by atoms with E-state index in [1.165, 1.54) is 12.1 Å². The average Bonchev–Trinajstić information content (AvgIpc) is 2.41. The van der Waals surface area contributed by atoms with Gasteiger partial charge in [-0.15, -0.1) is 0 Å². The molecular formula is C15H17BFNO2. The molecule has 0 radical (unpaired) electrons. The lowest BCUT2D eigenvalue weighted by Gasteiger charge is -2.19. The molecule has 2 rings (SSSR count). The number of rotatable bonds is 5. The lowest BCUT2D eigenvalue weighted by atomic mass is 9.77. The molecule has 104 valence electrons. The molecule has 0 saturated carbocycles. The number of hydrogen-bond donors (Lipinski definition) is 2. The Morgan fingerprint density at radius 2 is 1.65 bits per heavy atom. The highest BCUT2D eigenvalue weighted by atomic mass is 19.1. The van der Waals surface area contributed by atoms with Crippen molar-refractivity contribution in [2.24, 2.45) is 0 Å². The highest BCUT2D eigenvalue weighted by molar-refractivity contribution is 6.59. The second kappa shape index (κ2) is 6.66. The van der Waals surface area contributed by atoms with Crippen LogP contribution in [0.1, 0.15) is 11.1 Å². The molecule has 0 bridgehead atoms. The fourth-order valence-electron chi connectivity index (χ4n) is 2.18. The summed E-state index contributed by atoms with van der Waals surface area (Å²) in [7, 11) is 0.467. The predicted molar refractivity (Wildman–Crippen MR) is 77.8 cm³/mol. The van der Waals surface area contributed by atoms with E-state index in [0.717, 1.165) is 11.1 Å². The predicted octanol–water partition coefficient (Wildman–Crippen LogP) is 1.14. The molecule has 2 N–H and O–H groups in total. The van der Waals surface area contributed by atoms with E-state index in [1.807, 2.05) is 24.1 Å². The van der Waals surface area contributed by atoms with Crippen molar-refractivity contribution in [2.75, 3.05) is 7.05 Å². The van der Waals surface area contributed by atoms with E-state index in [0.29, 0.717) is 18.6 Å². The van der Waals surface area contributed by atoms with Gasteiger partial charge in [0.2, 0.25) is 0 Å². The van der Waals surface area contributed by atoms with Gasteiger partial charge in [0.05, 0.1) is 0 Å². The van der Waals surface area contributed by atoms with Crippen LogP contribution in [-0.2, 0) is 13.1 Å². The summed E-state index contributed by atoms with van der Waals surface area (Å²) < 4.78 is 12.8. The molecule has 0 aromatic heterocycles. The molecular weight excluding hydrogens is 256 g/mol. The van der Waals surface area contributed by atoms with E-state index in [-0.39, 0.29) is 5.82 Å². The van der Waals surface area contributed by atoms with Gasteiger partial charge in [-0.25, -0.2) is 4.39 Å². The smallest absolute Gasteiger partial charge is 0.423 e. The van der Waals surface area contributed by atoms with Crippen LogP contribution in [0.25, 0.3) is 0 Å². The molecule has 0 aliphatic carbocycles. The van der Waals surface area contributed by atoms with E-state index in [2.05, 4.69) is 0 Å². The summed E-state index contributed by atoms with van der Waals surface area (Å²) >= 11 is 0. The Hall–Kier alpha value is -1.69. The molecule has 2 aromatic rings. The number of hydrogen-bond acceptors (Lipinski definition) is 3. The average molecular weight is 273 g/mol. The zero-order chi connectivity index (χ0) is 14.5. The molecule has 0 aliphatic rings. The van der Waals surface area contributed by atoms with E-state index in [4.69, 9.17) is 0 Å². The van der Waals surface area contributed by atoms with Crippen LogP contribution in [0.4, 0.5) is 4.39 Å². The Kier molecular flexibility index (Phi) is 4.90. The second-order valence-corrected chi connectivity index (χ2v) is 4.87. The normalized spacial score (nSPS) is 10.8. The standard InChI is InChI=1S/C15H17BFNO2/c1-18(10-12-6-8-14(17)9-7-12)11-13-4-2-3-5-15(13)16(19)20/h2-9,19-20H,10-11H2,1H3. The summed E-state index contributed by atoms with van der Waals surface area (Å²) in [5.74, 6) is -0.245. The van der Waals surface area contributed by atoms with Gasteiger partial charge >= 0.3 is 7.12 Å². The van der Waals surface area contributed by atoms with Crippen molar-refractivity contribution in [3.8, 4) is 0 Å². The molecule has 0 unspecified atom stereocenters. The summed E-state index contributed by atoms with van der Waals surface area (Å²) in [6.45, 7) is 1.25. The molecule has 0 atom stereocenters. The molecule has 2 aromatic carbocycles. The maximum Gasteiger partial charge on any atom is 0.488 e. The molecule has 3 nitrogen and oxygen atoms in total. The third-order valence-corrected chi connectivity index (χ3v) is 3.14. The van der Waals surface area contributed by atoms with Crippen LogP contribution in [0.2, 0.25) is 0 Å². The molecule has 0 aliphatic heterocycles. The van der Waals surface area contributed by atoms with Crippen molar-refractivity contribution < 1.29 is 14.4 Å². The monoisotopic (exact) mass is 273 g/mol. The van der Waals surface area contributed by atoms with Crippen molar-refractivity contribution in [2.45, 2.75) is 13.1 Å². The SMILES string of the molecule is CN(Cc1ccc(F)cc1)Cc1ccccc1B(O)O. The second-order valence-electron chi connectivity index (χ2n) is 4.87. The molecule has 20 heavy (non-hydrogen) atoms. The fourth-order valence-corrected chi connectivity index (χ4v) is 2.18. The van der Waals surface area contributed by atoms with E-state index in [9.17, 15) is 14.4 Å². The van der Waals surface area contributed by atoms with E-state index < -0.39 is 7.12 Å². The maximum atomic E-state index is 12.8. The third-order valence-electron chi connectivity index (χ3n) is 3.14. The van der Waals surface area contributed by atoms with Crippen molar-refractivity contribution >= 4 is 12.6 Å². The largest absolute Gasteiger partial charge is 0.488 e. The lowest BCUT2D eigenvalue weighted by molar-refractivity contribution is 0.319. The first kappa shape index (κ1) is 14.7. The van der Waals surface area contributed by atoms with Crippen LogP contribution in [-0.4, -0.2) is 29.1 Å². The van der Waals surface area contributed by atoms with E-state index >= 15 is 0 Å². The minimum Gasteiger partial charge on any atom is -0.423 e. The third kappa shape index (κ3) is 3.90. The van der Waals surface area contributed by atoms with Crippen LogP contribution < -0.4 is 5.46 Å². The maximum absolute atomic E-state index is 12.8. The Morgan fingerprint density at radius 3 is 2.30 bits per heavy atom. The lowest BCUT2D eigenvalue weighted by Crippen LogP contribution is -2.34. The summed E-state index contributed by atoms with van der Waals surface area (Å²) in [6, 6.07) is 13.6. The highest BCUT2D eigenvalue weighted by Crippen LogP contribution is 2.08. The Bertz CT molecular complexity index is 560. The number of benzene rings is 2. The fraction of sp³-hybridized carbons (Fsp3) is 0.200. The highest BCUT2D eigenvalue weighted by Gasteiger charge is 2.16. The molecule has 0 saturated heterocycles. The summed E-state index contributed by atoms with van der Waals surface area (Å²) in [4.78, 5) is 2.04. The van der Waals surface area contributed by atoms with Gasteiger partial charge in [0, 0.05) is 13.1 Å². The Labute approximate surface area is 118 Å². The van der Waals surface area contributed by atoms with E-state index in [1.54, 1.807) is 24.3 Å². The van der Waals surface area contributed by atoms with Crippen molar-refractivity contribution in [1.82, 2.24) is 4.90 Å². The Balaban J connectivity index is 2.04. The van der Waals surface area contributed by atoms with Gasteiger partial charge in [0.15, 0.2) is 0 Å². The quantitative estimate of drug-likeness (QED) is 0.803. The topological polar surface area (TPSA) is 43.7 Å². The van der Waals surface area contributed by atoms with Gasteiger partial charge in [-0.3, -0.25) is 4.90 Å². The van der Waals surface area contributed by atoms with Crippen LogP contribution in [0, 0.1) is 5.82 Å². The van der Waals surface area contributed by atoms with Crippen LogP contribution in [0.3, 0.4) is 0 Å². The van der Waals surface area contributed by atoms with Gasteiger partial charge in [-0.05, 0) is 35.8 Å². The minimum atomic E-state index is -1.47. The summed E-state index contributed by atoms with van der Waals surface area (Å²) in [6.07, 6.45) is 0. The van der Waals surface area contributed by atoms with Gasteiger partial charge in [-0.2, -0.15) is 0 Å². The van der Waals surface area contributed by atoms with Gasteiger partial charge in [0.1, 0.15) is 5.82 Å². The Morgan fingerprint density at radius 1 is 1.00 bits per heavy atom. The molecule has 0 spiro atoms.